The Labute approximate surface area is 73.7 Å². The molecule has 64 valence electrons. The Kier molecular flexibility index (Phi) is 2.57. The third-order valence-corrected chi connectivity index (χ3v) is 1.71. The molecule has 0 unspecified atom stereocenters. The van der Waals surface area contributed by atoms with E-state index in [4.69, 9.17) is 27.4 Å². The summed E-state index contributed by atoms with van der Waals surface area (Å²) in [6.07, 6.45) is 0. The molecule has 0 aliphatic heterocycles. The van der Waals surface area contributed by atoms with Gasteiger partial charge in [0, 0.05) is 0 Å². The van der Waals surface area contributed by atoms with Crippen LogP contribution in [0.4, 0.5) is 10.1 Å². The van der Waals surface area contributed by atoms with Gasteiger partial charge in [0.15, 0.2) is 0 Å². The van der Waals surface area contributed by atoms with Crippen molar-refractivity contribution in [2.75, 3.05) is 5.73 Å². The fourth-order valence-corrected chi connectivity index (χ4v) is 0.969. The minimum Gasteiger partial charge on any atom is -0.423 e. The molecular formula is C6H6BClFNO2. The Balaban J connectivity index is 3.21. The van der Waals surface area contributed by atoms with Crippen LogP contribution in [0.5, 0.6) is 0 Å². The van der Waals surface area contributed by atoms with E-state index in [9.17, 15) is 4.39 Å². The van der Waals surface area contributed by atoms with Crippen molar-refractivity contribution >= 4 is 29.9 Å². The number of nitrogens with two attached hydrogens (primary N) is 1. The average Bonchev–Trinajstić information content (AvgIpc) is 1.99. The van der Waals surface area contributed by atoms with Crippen LogP contribution in [-0.2, 0) is 0 Å². The molecule has 0 aliphatic rings. The van der Waals surface area contributed by atoms with Gasteiger partial charge >= 0.3 is 7.12 Å². The second-order valence-electron chi connectivity index (χ2n) is 2.27. The smallest absolute Gasteiger partial charge is 0.423 e. The minimum atomic E-state index is -1.74. The maximum absolute atomic E-state index is 12.8. The van der Waals surface area contributed by atoms with E-state index in [1.165, 1.54) is 6.07 Å². The third kappa shape index (κ3) is 1.69. The molecule has 1 aromatic rings. The molecule has 0 spiro atoms. The predicted octanol–water partition coefficient (Wildman–Crippen LogP) is -0.259. The second-order valence-corrected chi connectivity index (χ2v) is 2.68. The fourth-order valence-electron chi connectivity index (χ4n) is 0.753. The molecule has 0 heterocycles. The van der Waals surface area contributed by atoms with Gasteiger partial charge in [-0.1, -0.05) is 11.6 Å². The lowest BCUT2D eigenvalue weighted by atomic mass is 9.80. The number of halogens is 2. The summed E-state index contributed by atoms with van der Waals surface area (Å²) in [5, 5.41) is 17.3. The van der Waals surface area contributed by atoms with Crippen molar-refractivity contribution in [1.82, 2.24) is 0 Å². The summed E-state index contributed by atoms with van der Waals surface area (Å²) in [6.45, 7) is 0. The molecule has 3 nitrogen and oxygen atoms in total. The summed E-state index contributed by atoms with van der Waals surface area (Å²) >= 11 is 5.48. The highest BCUT2D eigenvalue weighted by molar-refractivity contribution is 6.59. The molecule has 0 aliphatic carbocycles. The van der Waals surface area contributed by atoms with Crippen LogP contribution in [-0.4, -0.2) is 17.2 Å². The molecule has 0 saturated heterocycles. The van der Waals surface area contributed by atoms with E-state index in [0.29, 0.717) is 0 Å². The number of nitrogen functional groups attached to an aromatic ring is 1. The van der Waals surface area contributed by atoms with E-state index in [1.54, 1.807) is 0 Å². The molecule has 0 amide bonds. The summed E-state index contributed by atoms with van der Waals surface area (Å²) in [4.78, 5) is 0. The first-order chi connectivity index (χ1) is 5.52. The molecule has 1 aromatic carbocycles. The molecule has 0 saturated carbocycles. The van der Waals surface area contributed by atoms with E-state index in [1.807, 2.05) is 0 Å². The highest BCUT2D eigenvalue weighted by Crippen LogP contribution is 2.19. The van der Waals surface area contributed by atoms with Gasteiger partial charge in [0.1, 0.15) is 5.82 Å². The van der Waals surface area contributed by atoms with E-state index >= 15 is 0 Å². The van der Waals surface area contributed by atoms with Crippen molar-refractivity contribution in [3.8, 4) is 0 Å². The van der Waals surface area contributed by atoms with E-state index in [2.05, 4.69) is 0 Å². The van der Waals surface area contributed by atoms with Gasteiger partial charge in [0.2, 0.25) is 0 Å². The van der Waals surface area contributed by atoms with Crippen molar-refractivity contribution in [2.24, 2.45) is 0 Å². The Morgan fingerprint density at radius 1 is 1.42 bits per heavy atom. The topological polar surface area (TPSA) is 66.5 Å². The van der Waals surface area contributed by atoms with Gasteiger partial charge in [-0.05, 0) is 17.6 Å². The normalized spacial score (nSPS) is 10.0. The van der Waals surface area contributed by atoms with Crippen LogP contribution in [0.3, 0.4) is 0 Å². The number of hydrogen-bond donors (Lipinski definition) is 3. The van der Waals surface area contributed by atoms with E-state index in [0.717, 1.165) is 6.07 Å². The number of anilines is 1. The quantitative estimate of drug-likeness (QED) is 0.421. The molecule has 1 rings (SSSR count). The van der Waals surface area contributed by atoms with E-state index < -0.39 is 12.9 Å². The summed E-state index contributed by atoms with van der Waals surface area (Å²) in [6, 6.07) is 2.12. The van der Waals surface area contributed by atoms with Crippen molar-refractivity contribution in [1.29, 1.82) is 0 Å². The van der Waals surface area contributed by atoms with Crippen LogP contribution in [0, 0.1) is 5.82 Å². The Morgan fingerprint density at radius 3 is 2.42 bits per heavy atom. The first kappa shape index (κ1) is 9.31. The first-order valence-electron chi connectivity index (χ1n) is 3.13. The minimum absolute atomic E-state index is 0.0216. The van der Waals surface area contributed by atoms with Gasteiger partial charge in [0.05, 0.1) is 10.7 Å². The van der Waals surface area contributed by atoms with Gasteiger partial charge in [-0.3, -0.25) is 0 Å². The van der Waals surface area contributed by atoms with Crippen LogP contribution in [0.15, 0.2) is 12.1 Å². The summed E-state index contributed by atoms with van der Waals surface area (Å²) in [7, 11) is -1.74. The maximum Gasteiger partial charge on any atom is 0.488 e. The van der Waals surface area contributed by atoms with Gasteiger partial charge in [-0.15, -0.1) is 0 Å². The third-order valence-electron chi connectivity index (χ3n) is 1.40. The number of rotatable bonds is 1. The second kappa shape index (κ2) is 3.31. The van der Waals surface area contributed by atoms with Crippen molar-refractivity contribution in [2.45, 2.75) is 0 Å². The molecule has 4 N–H and O–H groups in total. The summed E-state index contributed by atoms with van der Waals surface area (Å²) < 4.78 is 12.8. The van der Waals surface area contributed by atoms with E-state index in [-0.39, 0.29) is 16.2 Å². The maximum atomic E-state index is 12.8. The van der Waals surface area contributed by atoms with Gasteiger partial charge < -0.3 is 15.8 Å². The molecule has 12 heavy (non-hydrogen) atoms. The molecule has 0 atom stereocenters. The Morgan fingerprint density at radius 2 is 2.00 bits per heavy atom. The lowest BCUT2D eigenvalue weighted by Crippen LogP contribution is -2.30. The van der Waals surface area contributed by atoms with Crippen molar-refractivity contribution in [3.05, 3.63) is 23.0 Å². The van der Waals surface area contributed by atoms with Gasteiger partial charge in [-0.2, -0.15) is 0 Å². The lowest BCUT2D eigenvalue weighted by Gasteiger charge is -2.03. The van der Waals surface area contributed by atoms with Crippen LogP contribution in [0.25, 0.3) is 0 Å². The van der Waals surface area contributed by atoms with Crippen LogP contribution in [0.2, 0.25) is 5.02 Å². The molecular weight excluding hydrogens is 183 g/mol. The Hall–Kier alpha value is -0.775. The van der Waals surface area contributed by atoms with Crippen LogP contribution in [0.1, 0.15) is 0 Å². The molecule has 0 aromatic heterocycles. The standard InChI is InChI=1S/C6H6BClFNO2/c8-4-1-3(7(11)12)2-5(9)6(4)10/h1-2,11-12H,10H2. The highest BCUT2D eigenvalue weighted by atomic mass is 35.5. The molecule has 0 fully saturated rings. The molecule has 0 radical (unpaired) electrons. The van der Waals surface area contributed by atoms with Crippen LogP contribution < -0.4 is 11.2 Å². The van der Waals surface area contributed by atoms with Crippen molar-refractivity contribution < 1.29 is 14.4 Å². The fraction of sp³-hybridized carbons (Fsp3) is 0. The number of hydrogen-bond acceptors (Lipinski definition) is 3. The van der Waals surface area contributed by atoms with Crippen molar-refractivity contribution in [3.63, 3.8) is 0 Å². The number of benzene rings is 1. The monoisotopic (exact) mass is 189 g/mol. The highest BCUT2D eigenvalue weighted by Gasteiger charge is 2.15. The SMILES string of the molecule is Nc1c(F)cc(B(O)O)cc1Cl. The lowest BCUT2D eigenvalue weighted by molar-refractivity contribution is 0.425. The first-order valence-corrected chi connectivity index (χ1v) is 3.50. The molecule has 0 bridgehead atoms. The largest absolute Gasteiger partial charge is 0.488 e. The summed E-state index contributed by atoms with van der Waals surface area (Å²) in [5.41, 5.74) is 4.97. The Bertz CT molecular complexity index is 285. The van der Waals surface area contributed by atoms with Gasteiger partial charge in [0.25, 0.3) is 0 Å². The van der Waals surface area contributed by atoms with Crippen LogP contribution >= 0.6 is 11.6 Å². The predicted molar refractivity (Wildman–Crippen MR) is 45.6 cm³/mol. The zero-order valence-corrected chi connectivity index (χ0v) is 6.72. The zero-order valence-electron chi connectivity index (χ0n) is 5.96. The molecule has 6 heteroatoms. The zero-order chi connectivity index (χ0) is 9.30. The van der Waals surface area contributed by atoms with Gasteiger partial charge in [-0.25, -0.2) is 4.39 Å². The summed E-state index contributed by atoms with van der Waals surface area (Å²) in [5.74, 6) is -0.759. The average molecular weight is 189 g/mol.